The second-order valence-electron chi connectivity index (χ2n) is 1.76. The highest BCUT2D eigenvalue weighted by Crippen LogP contribution is 2.00. The van der Waals surface area contributed by atoms with Gasteiger partial charge in [-0.2, -0.15) is 5.26 Å². The van der Waals surface area contributed by atoms with Gasteiger partial charge in [-0.1, -0.05) is 6.92 Å². The Balaban J connectivity index is 3.08. The number of nitriles is 1. The van der Waals surface area contributed by atoms with Crippen molar-refractivity contribution in [3.8, 4) is 6.07 Å². The van der Waals surface area contributed by atoms with E-state index in [0.717, 1.165) is 0 Å². The lowest BCUT2D eigenvalue weighted by Gasteiger charge is -2.00. The molecule has 0 aromatic heterocycles. The second-order valence-corrected chi connectivity index (χ2v) is 2.02. The molecule has 0 radical (unpaired) electrons. The molecule has 3 heteroatoms. The minimum Gasteiger partial charge on any atom is -0.318 e. The minimum atomic E-state index is 0.303. The van der Waals surface area contributed by atoms with Crippen molar-refractivity contribution in [1.29, 1.82) is 5.26 Å². The van der Waals surface area contributed by atoms with Crippen molar-refractivity contribution in [1.82, 2.24) is 0 Å². The smallest absolute Gasteiger partial charge is 0.0645 e. The summed E-state index contributed by atoms with van der Waals surface area (Å²) < 4.78 is 4.50. The van der Waals surface area contributed by atoms with Crippen LogP contribution in [0.15, 0.2) is 0 Å². The predicted octanol–water partition coefficient (Wildman–Crippen LogP) is 1.40. The first-order chi connectivity index (χ1) is 3.81. The van der Waals surface area contributed by atoms with Crippen LogP contribution in [0.1, 0.15) is 13.3 Å². The molecule has 0 spiro atoms. The van der Waals surface area contributed by atoms with Crippen molar-refractivity contribution in [2.24, 2.45) is 5.92 Å². The molecular weight excluding hydrogens is 122 g/mol. The third-order valence-corrected chi connectivity index (χ3v) is 0.948. The molecule has 0 aliphatic carbocycles. The number of hydrogen-bond donors (Lipinski definition) is 1. The van der Waals surface area contributed by atoms with Gasteiger partial charge in [-0.3, -0.25) is 0 Å². The molecule has 0 amide bonds. The minimum absolute atomic E-state index is 0.303. The van der Waals surface area contributed by atoms with Gasteiger partial charge < -0.3 is 4.18 Å². The molecule has 0 bridgehead atoms. The lowest BCUT2D eigenvalue weighted by Crippen LogP contribution is -1.98. The molecular formula is C5H9NOS. The normalized spacial score (nSPS) is 12.6. The van der Waals surface area contributed by atoms with E-state index in [1.807, 2.05) is 13.0 Å². The fourth-order valence-corrected chi connectivity index (χ4v) is 0.596. The van der Waals surface area contributed by atoms with Crippen molar-refractivity contribution in [2.75, 3.05) is 6.61 Å². The summed E-state index contributed by atoms with van der Waals surface area (Å²) in [6, 6.07) is 2.04. The Labute approximate surface area is 55.1 Å². The van der Waals surface area contributed by atoms with Gasteiger partial charge in [-0.25, -0.2) is 0 Å². The van der Waals surface area contributed by atoms with Gasteiger partial charge in [0.05, 0.1) is 12.7 Å². The van der Waals surface area contributed by atoms with Gasteiger partial charge in [0.15, 0.2) is 0 Å². The topological polar surface area (TPSA) is 33.0 Å². The highest BCUT2D eigenvalue weighted by atomic mass is 32.1. The first kappa shape index (κ1) is 7.80. The molecule has 0 aliphatic heterocycles. The van der Waals surface area contributed by atoms with Crippen LogP contribution in [0.25, 0.3) is 0 Å². The second kappa shape index (κ2) is 4.95. The van der Waals surface area contributed by atoms with E-state index in [1.165, 1.54) is 0 Å². The number of nitrogens with zero attached hydrogens (tertiary/aromatic N) is 1. The largest absolute Gasteiger partial charge is 0.318 e. The van der Waals surface area contributed by atoms with E-state index in [-0.39, 0.29) is 0 Å². The molecule has 0 rings (SSSR count). The fourth-order valence-electron chi connectivity index (χ4n) is 0.342. The molecule has 1 unspecified atom stereocenters. The lowest BCUT2D eigenvalue weighted by molar-refractivity contribution is 0.310. The van der Waals surface area contributed by atoms with Gasteiger partial charge in [-0.05, 0) is 18.8 Å². The van der Waals surface area contributed by atoms with Crippen LogP contribution in [0.2, 0.25) is 0 Å². The Kier molecular flexibility index (Phi) is 4.82. The van der Waals surface area contributed by atoms with Crippen LogP contribution in [0, 0.1) is 17.2 Å². The van der Waals surface area contributed by atoms with Crippen molar-refractivity contribution < 1.29 is 4.18 Å². The van der Waals surface area contributed by atoms with E-state index in [1.54, 1.807) is 0 Å². The maximum absolute atomic E-state index is 8.13. The Morgan fingerprint density at radius 1 is 1.88 bits per heavy atom. The lowest BCUT2D eigenvalue weighted by atomic mass is 10.1. The maximum atomic E-state index is 8.13. The van der Waals surface area contributed by atoms with Crippen LogP contribution in [0.5, 0.6) is 0 Å². The zero-order valence-corrected chi connectivity index (χ0v) is 5.69. The van der Waals surface area contributed by atoms with Crippen LogP contribution in [0.4, 0.5) is 0 Å². The van der Waals surface area contributed by atoms with Crippen molar-refractivity contribution in [3.05, 3.63) is 0 Å². The average Bonchev–Trinajstić information content (AvgIpc) is 1.68. The van der Waals surface area contributed by atoms with E-state index < -0.39 is 0 Å². The van der Waals surface area contributed by atoms with E-state index in [9.17, 15) is 0 Å². The van der Waals surface area contributed by atoms with Crippen LogP contribution >= 0.6 is 12.9 Å². The molecule has 2 nitrogen and oxygen atoms in total. The predicted molar refractivity (Wildman–Crippen MR) is 34.3 cm³/mol. The molecule has 8 heavy (non-hydrogen) atoms. The van der Waals surface area contributed by atoms with Crippen molar-refractivity contribution >= 4 is 12.9 Å². The van der Waals surface area contributed by atoms with E-state index in [2.05, 4.69) is 17.1 Å². The SMILES string of the molecule is CC(CC#N)COS. The molecule has 0 saturated heterocycles. The Bertz CT molecular complexity index is 88.9. The summed E-state index contributed by atoms with van der Waals surface area (Å²) >= 11 is 3.54. The molecule has 0 aromatic rings. The Morgan fingerprint density at radius 3 is 2.88 bits per heavy atom. The number of rotatable bonds is 3. The summed E-state index contributed by atoms with van der Waals surface area (Å²) in [6.07, 6.45) is 0.542. The van der Waals surface area contributed by atoms with Crippen LogP contribution in [-0.4, -0.2) is 6.61 Å². The highest BCUT2D eigenvalue weighted by Gasteiger charge is 1.97. The zero-order valence-electron chi connectivity index (χ0n) is 4.79. The first-order valence-electron chi connectivity index (χ1n) is 2.44. The van der Waals surface area contributed by atoms with Crippen LogP contribution < -0.4 is 0 Å². The molecule has 0 fully saturated rings. The van der Waals surface area contributed by atoms with Crippen molar-refractivity contribution in [3.63, 3.8) is 0 Å². The van der Waals surface area contributed by atoms with Gasteiger partial charge >= 0.3 is 0 Å². The highest BCUT2D eigenvalue weighted by molar-refractivity contribution is 7.75. The Morgan fingerprint density at radius 2 is 2.50 bits per heavy atom. The summed E-state index contributed by atoms with van der Waals surface area (Å²) in [6.45, 7) is 2.50. The molecule has 0 saturated carbocycles. The summed E-state index contributed by atoms with van der Waals surface area (Å²) in [5.41, 5.74) is 0. The average molecular weight is 131 g/mol. The van der Waals surface area contributed by atoms with Gasteiger partial charge in [0, 0.05) is 6.42 Å². The fraction of sp³-hybridized carbons (Fsp3) is 0.800. The molecule has 0 aliphatic rings. The molecule has 1 atom stereocenters. The monoisotopic (exact) mass is 131 g/mol. The summed E-state index contributed by atoms with van der Waals surface area (Å²) in [5, 5.41) is 8.13. The molecule has 0 aromatic carbocycles. The van der Waals surface area contributed by atoms with E-state index >= 15 is 0 Å². The molecule has 0 N–H and O–H groups in total. The van der Waals surface area contributed by atoms with Crippen molar-refractivity contribution in [2.45, 2.75) is 13.3 Å². The quantitative estimate of drug-likeness (QED) is 0.464. The van der Waals surface area contributed by atoms with Gasteiger partial charge in [-0.15, -0.1) is 0 Å². The van der Waals surface area contributed by atoms with Gasteiger partial charge in [0.2, 0.25) is 0 Å². The summed E-state index contributed by atoms with van der Waals surface area (Å²) in [7, 11) is 0. The Hall–Kier alpha value is -0.200. The van der Waals surface area contributed by atoms with E-state index in [4.69, 9.17) is 5.26 Å². The summed E-state index contributed by atoms with van der Waals surface area (Å²) in [4.78, 5) is 0. The number of hydrogen-bond acceptors (Lipinski definition) is 3. The maximum Gasteiger partial charge on any atom is 0.0645 e. The summed E-state index contributed by atoms with van der Waals surface area (Å²) in [5.74, 6) is 0.303. The third-order valence-electron chi connectivity index (χ3n) is 0.799. The third kappa shape index (κ3) is 3.97. The van der Waals surface area contributed by atoms with Crippen LogP contribution in [0.3, 0.4) is 0 Å². The standard InChI is InChI=1S/C5H9NOS/c1-5(2-3-6)4-7-8/h5,8H,2,4H2,1H3. The molecule has 46 valence electrons. The first-order valence-corrected chi connectivity index (χ1v) is 2.81. The van der Waals surface area contributed by atoms with Crippen LogP contribution in [-0.2, 0) is 4.18 Å². The van der Waals surface area contributed by atoms with Gasteiger partial charge in [0.25, 0.3) is 0 Å². The van der Waals surface area contributed by atoms with Gasteiger partial charge in [0.1, 0.15) is 0 Å². The molecule has 0 heterocycles. The zero-order chi connectivity index (χ0) is 6.41. The number of thiol groups is 1. The van der Waals surface area contributed by atoms with E-state index in [0.29, 0.717) is 18.9 Å².